The van der Waals surface area contributed by atoms with Gasteiger partial charge in [0.2, 0.25) is 0 Å². The van der Waals surface area contributed by atoms with Gasteiger partial charge in [-0.1, -0.05) is 26.8 Å². The van der Waals surface area contributed by atoms with Crippen LogP contribution in [0.4, 0.5) is 8.78 Å². The third-order valence-corrected chi connectivity index (χ3v) is 2.83. The zero-order valence-electron chi connectivity index (χ0n) is 9.17. The highest BCUT2D eigenvalue weighted by molar-refractivity contribution is 5.20. The summed E-state index contributed by atoms with van der Waals surface area (Å²) in [5.74, 6) is -1.51. The van der Waals surface area contributed by atoms with Crippen molar-refractivity contribution in [3.63, 3.8) is 0 Å². The molecule has 0 aliphatic rings. The van der Waals surface area contributed by atoms with Crippen molar-refractivity contribution in [2.75, 3.05) is 0 Å². The monoisotopic (exact) mass is 214 g/mol. The Bertz CT molecular complexity index is 336. The maximum absolute atomic E-state index is 12.9. The van der Waals surface area contributed by atoms with Gasteiger partial charge in [-0.05, 0) is 29.5 Å². The van der Waals surface area contributed by atoms with Gasteiger partial charge in [0, 0.05) is 0 Å². The summed E-state index contributed by atoms with van der Waals surface area (Å²) in [7, 11) is 0. The molecule has 15 heavy (non-hydrogen) atoms. The summed E-state index contributed by atoms with van der Waals surface area (Å²) in [6.45, 7) is 5.85. The molecule has 84 valence electrons. The zero-order chi connectivity index (χ0) is 11.6. The molecule has 0 fully saturated rings. The van der Waals surface area contributed by atoms with Crippen LogP contribution in [0.15, 0.2) is 18.2 Å². The normalized spacial score (nSPS) is 15.4. The molecule has 2 unspecified atom stereocenters. The summed E-state index contributed by atoms with van der Waals surface area (Å²) in [5.41, 5.74) is 0.426. The molecule has 0 amide bonds. The summed E-state index contributed by atoms with van der Waals surface area (Å²) >= 11 is 0. The lowest BCUT2D eigenvalue weighted by molar-refractivity contribution is 0.0917. The molecule has 0 spiro atoms. The lowest BCUT2D eigenvalue weighted by atomic mass is 9.88. The molecule has 2 atom stereocenters. The maximum atomic E-state index is 12.9. The maximum Gasteiger partial charge on any atom is 0.159 e. The molecule has 0 bridgehead atoms. The van der Waals surface area contributed by atoms with Crippen molar-refractivity contribution >= 4 is 0 Å². The molecule has 0 heterocycles. The van der Waals surface area contributed by atoms with Gasteiger partial charge < -0.3 is 5.11 Å². The van der Waals surface area contributed by atoms with Gasteiger partial charge in [0.1, 0.15) is 0 Å². The smallest absolute Gasteiger partial charge is 0.159 e. The molecule has 0 saturated carbocycles. The van der Waals surface area contributed by atoms with Gasteiger partial charge in [-0.25, -0.2) is 8.78 Å². The largest absolute Gasteiger partial charge is 0.388 e. The van der Waals surface area contributed by atoms with Crippen molar-refractivity contribution in [1.82, 2.24) is 0 Å². The standard InChI is InChI=1S/C12H16F2O/c1-7(2)8(3)12(15)9-4-5-10(13)11(14)6-9/h4-8,12,15H,1-3H3. The quantitative estimate of drug-likeness (QED) is 0.818. The van der Waals surface area contributed by atoms with Gasteiger partial charge in [0.25, 0.3) is 0 Å². The molecular formula is C12H16F2O. The SMILES string of the molecule is CC(C)C(C)C(O)c1ccc(F)c(F)c1. The zero-order valence-corrected chi connectivity index (χ0v) is 9.17. The topological polar surface area (TPSA) is 20.2 Å². The van der Waals surface area contributed by atoms with Crippen LogP contribution in [0.1, 0.15) is 32.4 Å². The Hall–Kier alpha value is -0.960. The second-order valence-corrected chi connectivity index (χ2v) is 4.22. The third-order valence-electron chi connectivity index (χ3n) is 2.83. The van der Waals surface area contributed by atoms with E-state index in [2.05, 4.69) is 0 Å². The molecule has 0 aliphatic heterocycles. The molecule has 1 aromatic carbocycles. The van der Waals surface area contributed by atoms with E-state index in [9.17, 15) is 13.9 Å². The predicted molar refractivity (Wildman–Crippen MR) is 55.3 cm³/mol. The minimum Gasteiger partial charge on any atom is -0.388 e. The van der Waals surface area contributed by atoms with Crippen molar-refractivity contribution in [2.24, 2.45) is 11.8 Å². The lowest BCUT2D eigenvalue weighted by Crippen LogP contribution is -2.15. The second kappa shape index (κ2) is 4.71. The Morgan fingerprint density at radius 2 is 1.67 bits per heavy atom. The summed E-state index contributed by atoms with van der Waals surface area (Å²) < 4.78 is 25.6. The van der Waals surface area contributed by atoms with Gasteiger partial charge in [0.15, 0.2) is 11.6 Å². The number of rotatable bonds is 3. The van der Waals surface area contributed by atoms with Crippen LogP contribution < -0.4 is 0 Å². The van der Waals surface area contributed by atoms with E-state index in [1.54, 1.807) is 0 Å². The van der Waals surface area contributed by atoms with E-state index in [1.165, 1.54) is 6.07 Å². The number of hydrogen-bond donors (Lipinski definition) is 1. The number of hydrogen-bond acceptors (Lipinski definition) is 1. The lowest BCUT2D eigenvalue weighted by Gasteiger charge is -2.22. The first-order chi connectivity index (χ1) is 6.93. The van der Waals surface area contributed by atoms with Gasteiger partial charge in [-0.3, -0.25) is 0 Å². The first kappa shape index (κ1) is 12.1. The Labute approximate surface area is 88.7 Å². The minimum absolute atomic E-state index is 0.00913. The van der Waals surface area contributed by atoms with Crippen molar-refractivity contribution in [1.29, 1.82) is 0 Å². The van der Waals surface area contributed by atoms with Crippen LogP contribution in [0.2, 0.25) is 0 Å². The Morgan fingerprint density at radius 3 is 2.13 bits per heavy atom. The van der Waals surface area contributed by atoms with Gasteiger partial charge >= 0.3 is 0 Å². The van der Waals surface area contributed by atoms with Gasteiger partial charge in [-0.15, -0.1) is 0 Å². The van der Waals surface area contributed by atoms with Crippen molar-refractivity contribution in [3.8, 4) is 0 Å². The molecule has 0 saturated heterocycles. The fourth-order valence-corrected chi connectivity index (χ4v) is 1.36. The van der Waals surface area contributed by atoms with Crippen LogP contribution >= 0.6 is 0 Å². The highest BCUT2D eigenvalue weighted by Crippen LogP contribution is 2.28. The Balaban J connectivity index is 2.91. The van der Waals surface area contributed by atoms with Crippen LogP contribution in [-0.2, 0) is 0 Å². The molecular weight excluding hydrogens is 198 g/mol. The average molecular weight is 214 g/mol. The number of benzene rings is 1. The van der Waals surface area contributed by atoms with E-state index < -0.39 is 17.7 Å². The number of aliphatic hydroxyl groups is 1. The van der Waals surface area contributed by atoms with E-state index in [1.807, 2.05) is 20.8 Å². The van der Waals surface area contributed by atoms with E-state index in [4.69, 9.17) is 0 Å². The summed E-state index contributed by atoms with van der Waals surface area (Å²) in [4.78, 5) is 0. The Kier molecular flexibility index (Phi) is 3.80. The molecule has 1 N–H and O–H groups in total. The molecule has 0 radical (unpaired) electrons. The summed E-state index contributed by atoms with van der Waals surface area (Å²) in [5, 5.41) is 9.89. The fourth-order valence-electron chi connectivity index (χ4n) is 1.36. The van der Waals surface area contributed by atoms with Crippen LogP contribution in [0.3, 0.4) is 0 Å². The van der Waals surface area contributed by atoms with Crippen LogP contribution in [0.25, 0.3) is 0 Å². The third kappa shape index (κ3) is 2.75. The molecule has 1 nitrogen and oxygen atoms in total. The van der Waals surface area contributed by atoms with Crippen molar-refractivity contribution in [2.45, 2.75) is 26.9 Å². The molecule has 1 rings (SSSR count). The number of aliphatic hydroxyl groups excluding tert-OH is 1. The molecule has 0 aliphatic carbocycles. The molecule has 3 heteroatoms. The highest BCUT2D eigenvalue weighted by Gasteiger charge is 2.20. The van der Waals surface area contributed by atoms with E-state index >= 15 is 0 Å². The van der Waals surface area contributed by atoms with Crippen molar-refractivity contribution in [3.05, 3.63) is 35.4 Å². The average Bonchev–Trinajstić information content (AvgIpc) is 2.19. The highest BCUT2D eigenvalue weighted by atomic mass is 19.2. The first-order valence-electron chi connectivity index (χ1n) is 5.06. The molecule has 1 aromatic rings. The minimum atomic E-state index is -0.914. The van der Waals surface area contributed by atoms with E-state index in [-0.39, 0.29) is 11.8 Å². The van der Waals surface area contributed by atoms with Crippen molar-refractivity contribution < 1.29 is 13.9 Å². The van der Waals surface area contributed by atoms with Crippen LogP contribution in [0, 0.1) is 23.5 Å². The predicted octanol–water partition coefficient (Wildman–Crippen LogP) is 3.29. The second-order valence-electron chi connectivity index (χ2n) is 4.22. The van der Waals surface area contributed by atoms with Crippen LogP contribution in [0.5, 0.6) is 0 Å². The first-order valence-corrected chi connectivity index (χ1v) is 5.06. The molecule has 0 aromatic heterocycles. The summed E-state index contributed by atoms with van der Waals surface area (Å²) in [6.07, 6.45) is -0.750. The van der Waals surface area contributed by atoms with Crippen LogP contribution in [-0.4, -0.2) is 5.11 Å². The Morgan fingerprint density at radius 1 is 1.07 bits per heavy atom. The van der Waals surface area contributed by atoms with Gasteiger partial charge in [0.05, 0.1) is 6.10 Å². The van der Waals surface area contributed by atoms with E-state index in [0.717, 1.165) is 12.1 Å². The fraction of sp³-hybridized carbons (Fsp3) is 0.500. The van der Waals surface area contributed by atoms with E-state index in [0.29, 0.717) is 5.56 Å². The van der Waals surface area contributed by atoms with Gasteiger partial charge in [-0.2, -0.15) is 0 Å². The summed E-state index contributed by atoms with van der Waals surface area (Å²) in [6, 6.07) is 3.52. The number of halogens is 2.